The smallest absolute Gasteiger partial charge is 0.303 e. The molecule has 0 spiro atoms. The second-order valence-electron chi connectivity index (χ2n) is 4.51. The van der Waals surface area contributed by atoms with Crippen molar-refractivity contribution in [1.82, 2.24) is 20.2 Å². The number of carboxylic acids is 1. The number of thiophene rings is 1. The Morgan fingerprint density at radius 2 is 2.32 bits per heavy atom. The van der Waals surface area contributed by atoms with Crippen LogP contribution in [0.5, 0.6) is 0 Å². The number of aliphatic carboxylic acids is 1. The van der Waals surface area contributed by atoms with Gasteiger partial charge in [-0.1, -0.05) is 13.8 Å². The van der Waals surface area contributed by atoms with Gasteiger partial charge in [-0.05, 0) is 34.9 Å². The van der Waals surface area contributed by atoms with E-state index in [1.165, 1.54) is 4.88 Å². The molecule has 1 atom stereocenters. The Hall–Kier alpha value is -1.76. The first kappa shape index (κ1) is 13.7. The van der Waals surface area contributed by atoms with Gasteiger partial charge in [-0.2, -0.15) is 0 Å². The molecule has 2 aromatic heterocycles. The van der Waals surface area contributed by atoms with E-state index in [2.05, 4.69) is 28.5 Å². The molecular weight excluding hydrogens is 264 g/mol. The van der Waals surface area contributed by atoms with Crippen LogP contribution in [-0.2, 0) is 17.8 Å². The number of aromatic nitrogens is 4. The minimum Gasteiger partial charge on any atom is -0.481 e. The zero-order chi connectivity index (χ0) is 13.8. The molecule has 0 saturated heterocycles. The van der Waals surface area contributed by atoms with Crippen LogP contribution in [0.1, 0.15) is 25.1 Å². The van der Waals surface area contributed by atoms with Crippen molar-refractivity contribution in [3.05, 3.63) is 17.0 Å². The highest BCUT2D eigenvalue weighted by atomic mass is 32.1. The van der Waals surface area contributed by atoms with Crippen LogP contribution >= 0.6 is 11.3 Å². The first-order valence-electron chi connectivity index (χ1n) is 6.17. The highest BCUT2D eigenvalue weighted by molar-refractivity contribution is 7.15. The van der Waals surface area contributed by atoms with Crippen molar-refractivity contribution in [2.24, 2.45) is 5.92 Å². The molecule has 102 valence electrons. The number of aryl methyl sites for hydroxylation is 1. The normalized spacial score (nSPS) is 12.5. The number of nitrogens with zero attached hydrogens (tertiary/aromatic N) is 4. The van der Waals surface area contributed by atoms with E-state index in [1.54, 1.807) is 16.0 Å². The molecule has 0 bridgehead atoms. The van der Waals surface area contributed by atoms with Crippen LogP contribution in [0.2, 0.25) is 0 Å². The summed E-state index contributed by atoms with van der Waals surface area (Å²) in [4.78, 5) is 13.0. The zero-order valence-corrected chi connectivity index (χ0v) is 11.7. The van der Waals surface area contributed by atoms with Crippen LogP contribution in [0.15, 0.2) is 12.1 Å². The van der Waals surface area contributed by atoms with E-state index >= 15 is 0 Å². The van der Waals surface area contributed by atoms with Gasteiger partial charge in [0.2, 0.25) is 0 Å². The van der Waals surface area contributed by atoms with Crippen molar-refractivity contribution in [1.29, 1.82) is 0 Å². The summed E-state index contributed by atoms with van der Waals surface area (Å²) in [6.45, 7) is 4.49. The van der Waals surface area contributed by atoms with Gasteiger partial charge < -0.3 is 5.11 Å². The summed E-state index contributed by atoms with van der Waals surface area (Å²) < 4.78 is 1.68. The number of hydrogen-bond donors (Lipinski definition) is 1. The standard InChI is InChI=1S/C12H16N4O2S/c1-3-9-4-5-10(19-9)12-13-14-15-16(12)7-8(2)6-11(17)18/h4-5,8H,3,6-7H2,1-2H3,(H,17,18). The zero-order valence-electron chi connectivity index (χ0n) is 10.9. The lowest BCUT2D eigenvalue weighted by Crippen LogP contribution is -2.13. The molecule has 6 nitrogen and oxygen atoms in total. The average Bonchev–Trinajstić information content (AvgIpc) is 2.95. The molecule has 0 saturated carbocycles. The van der Waals surface area contributed by atoms with Crippen molar-refractivity contribution in [3.8, 4) is 10.7 Å². The Morgan fingerprint density at radius 3 is 2.95 bits per heavy atom. The highest BCUT2D eigenvalue weighted by Crippen LogP contribution is 2.26. The van der Waals surface area contributed by atoms with Gasteiger partial charge in [0.1, 0.15) is 0 Å². The molecule has 2 heterocycles. The number of carbonyl (C=O) groups is 1. The average molecular weight is 280 g/mol. The molecule has 7 heteroatoms. The first-order chi connectivity index (χ1) is 9.10. The molecule has 1 N–H and O–H groups in total. The van der Waals surface area contributed by atoms with Gasteiger partial charge in [-0.15, -0.1) is 16.4 Å². The number of rotatable bonds is 6. The SMILES string of the molecule is CCc1ccc(-c2nnnn2CC(C)CC(=O)O)s1. The van der Waals surface area contributed by atoms with E-state index in [0.717, 1.165) is 11.3 Å². The predicted octanol–water partition coefficient (Wildman–Crippen LogP) is 2.07. The van der Waals surface area contributed by atoms with E-state index in [0.29, 0.717) is 12.4 Å². The fraction of sp³-hybridized carbons (Fsp3) is 0.500. The van der Waals surface area contributed by atoms with E-state index in [9.17, 15) is 4.79 Å². The van der Waals surface area contributed by atoms with Gasteiger partial charge in [0.15, 0.2) is 5.82 Å². The Kier molecular flexibility index (Phi) is 4.26. The molecule has 19 heavy (non-hydrogen) atoms. The summed E-state index contributed by atoms with van der Waals surface area (Å²) >= 11 is 1.67. The maximum atomic E-state index is 10.7. The third-order valence-corrected chi connectivity index (χ3v) is 4.00. The molecular formula is C12H16N4O2S. The second kappa shape index (κ2) is 5.92. The molecule has 0 aromatic carbocycles. The van der Waals surface area contributed by atoms with E-state index < -0.39 is 5.97 Å². The Bertz CT molecular complexity index is 564. The van der Waals surface area contributed by atoms with Crippen LogP contribution in [0.4, 0.5) is 0 Å². The Labute approximate surface area is 115 Å². The van der Waals surface area contributed by atoms with E-state index in [4.69, 9.17) is 5.11 Å². The third-order valence-electron chi connectivity index (χ3n) is 2.77. The van der Waals surface area contributed by atoms with Crippen LogP contribution in [0.3, 0.4) is 0 Å². The summed E-state index contributed by atoms with van der Waals surface area (Å²) in [5.74, 6) is -0.0983. The molecule has 0 amide bonds. The topological polar surface area (TPSA) is 80.9 Å². The van der Waals surface area contributed by atoms with Crippen molar-refractivity contribution in [2.45, 2.75) is 33.2 Å². The second-order valence-corrected chi connectivity index (χ2v) is 5.68. The van der Waals surface area contributed by atoms with Crippen LogP contribution in [0.25, 0.3) is 10.7 Å². The van der Waals surface area contributed by atoms with E-state index in [1.807, 2.05) is 13.0 Å². The maximum absolute atomic E-state index is 10.7. The van der Waals surface area contributed by atoms with Gasteiger partial charge in [0.25, 0.3) is 0 Å². The number of hydrogen-bond acceptors (Lipinski definition) is 5. The quantitative estimate of drug-likeness (QED) is 0.876. The van der Waals surface area contributed by atoms with Gasteiger partial charge in [-0.3, -0.25) is 4.79 Å². The molecule has 0 aliphatic rings. The predicted molar refractivity (Wildman–Crippen MR) is 71.9 cm³/mol. The summed E-state index contributed by atoms with van der Waals surface area (Å²) in [7, 11) is 0. The molecule has 0 aliphatic heterocycles. The lowest BCUT2D eigenvalue weighted by Gasteiger charge is -2.09. The minimum atomic E-state index is -0.800. The Morgan fingerprint density at radius 1 is 1.53 bits per heavy atom. The fourth-order valence-electron chi connectivity index (χ4n) is 1.85. The summed E-state index contributed by atoms with van der Waals surface area (Å²) in [6, 6.07) is 4.08. The summed E-state index contributed by atoms with van der Waals surface area (Å²) in [5.41, 5.74) is 0. The van der Waals surface area contributed by atoms with Crippen molar-refractivity contribution < 1.29 is 9.90 Å². The van der Waals surface area contributed by atoms with Crippen LogP contribution < -0.4 is 0 Å². The summed E-state index contributed by atoms with van der Waals surface area (Å²) in [6.07, 6.45) is 1.10. The van der Waals surface area contributed by atoms with Crippen LogP contribution in [-0.4, -0.2) is 31.3 Å². The lowest BCUT2D eigenvalue weighted by molar-refractivity contribution is -0.138. The van der Waals surface area contributed by atoms with Gasteiger partial charge in [0, 0.05) is 17.8 Å². The Balaban J connectivity index is 2.15. The van der Waals surface area contributed by atoms with Crippen molar-refractivity contribution >= 4 is 17.3 Å². The van der Waals surface area contributed by atoms with Crippen LogP contribution in [0, 0.1) is 5.92 Å². The molecule has 2 aromatic rings. The van der Waals surface area contributed by atoms with E-state index in [-0.39, 0.29) is 12.3 Å². The van der Waals surface area contributed by atoms with Gasteiger partial charge in [-0.25, -0.2) is 4.68 Å². The fourth-order valence-corrected chi connectivity index (χ4v) is 2.79. The minimum absolute atomic E-state index is 0.00893. The van der Waals surface area contributed by atoms with Crippen molar-refractivity contribution in [3.63, 3.8) is 0 Å². The maximum Gasteiger partial charge on any atom is 0.303 e. The lowest BCUT2D eigenvalue weighted by atomic mass is 10.1. The third kappa shape index (κ3) is 3.37. The molecule has 0 aliphatic carbocycles. The molecule has 0 fully saturated rings. The summed E-state index contributed by atoms with van der Waals surface area (Å²) in [5, 5.41) is 20.4. The molecule has 1 unspecified atom stereocenters. The highest BCUT2D eigenvalue weighted by Gasteiger charge is 2.15. The number of tetrazole rings is 1. The number of carboxylic acid groups (broad SMARTS) is 1. The molecule has 0 radical (unpaired) electrons. The molecule has 2 rings (SSSR count). The largest absolute Gasteiger partial charge is 0.481 e. The first-order valence-corrected chi connectivity index (χ1v) is 6.98. The monoisotopic (exact) mass is 280 g/mol. The van der Waals surface area contributed by atoms with Gasteiger partial charge in [0.05, 0.1) is 4.88 Å². The van der Waals surface area contributed by atoms with Crippen molar-refractivity contribution in [2.75, 3.05) is 0 Å². The van der Waals surface area contributed by atoms with Gasteiger partial charge >= 0.3 is 5.97 Å².